The maximum absolute atomic E-state index is 8.95. The van der Waals surface area contributed by atoms with Crippen LogP contribution in [0.15, 0.2) is 24.0 Å². The molecule has 0 heterocycles. The van der Waals surface area contributed by atoms with E-state index in [4.69, 9.17) is 10.8 Å². The van der Waals surface area contributed by atoms with Crippen LogP contribution in [0.5, 0.6) is 0 Å². The van der Waals surface area contributed by atoms with Gasteiger partial charge in [0.15, 0.2) is 0 Å². The first-order chi connectivity index (χ1) is 5.20. The van der Waals surface area contributed by atoms with Gasteiger partial charge in [0.25, 0.3) is 0 Å². The van der Waals surface area contributed by atoms with E-state index in [2.05, 4.69) is 13.5 Å². The number of hydrogen-bond acceptors (Lipinski definition) is 2. The molecule has 0 amide bonds. The zero-order valence-corrected chi connectivity index (χ0v) is 7.14. The minimum Gasteiger partial charge on any atom is -0.511 e. The van der Waals surface area contributed by atoms with Gasteiger partial charge in [0.2, 0.25) is 0 Å². The van der Waals surface area contributed by atoms with E-state index in [1.54, 1.807) is 6.08 Å². The van der Waals surface area contributed by atoms with Gasteiger partial charge in [-0.3, -0.25) is 0 Å². The smallest absolute Gasteiger partial charge is 0.102 e. The molecule has 0 rings (SSSR count). The third kappa shape index (κ3) is 5.67. The molecule has 0 aromatic heterocycles. The van der Waals surface area contributed by atoms with Crippen molar-refractivity contribution in [1.29, 1.82) is 0 Å². The molecule has 0 aromatic carbocycles. The summed E-state index contributed by atoms with van der Waals surface area (Å²) in [5.74, 6) is 0.272. The number of allylic oxidation sites excluding steroid dienone is 2. The van der Waals surface area contributed by atoms with E-state index in [0.717, 1.165) is 19.3 Å². The van der Waals surface area contributed by atoms with E-state index in [9.17, 15) is 0 Å². The van der Waals surface area contributed by atoms with E-state index < -0.39 is 0 Å². The summed E-state index contributed by atoms with van der Waals surface area (Å²) in [5.41, 5.74) is 6.39. The van der Waals surface area contributed by atoms with Crippen LogP contribution in [0.25, 0.3) is 0 Å². The monoisotopic (exact) mass is 155 g/mol. The molecule has 2 heteroatoms. The van der Waals surface area contributed by atoms with Crippen molar-refractivity contribution in [3.8, 4) is 0 Å². The summed E-state index contributed by atoms with van der Waals surface area (Å²) in [6.45, 7) is 6.17. The molecule has 0 saturated heterocycles. The van der Waals surface area contributed by atoms with Crippen LogP contribution in [0, 0.1) is 0 Å². The Morgan fingerprint density at radius 1 is 1.64 bits per heavy atom. The SMILES string of the molecule is C=C(CC)CC/C=C(/O)CN. The van der Waals surface area contributed by atoms with Gasteiger partial charge in [-0.2, -0.15) is 0 Å². The molecule has 0 unspecified atom stereocenters. The number of nitrogens with two attached hydrogens (primary N) is 1. The molecule has 0 aliphatic rings. The zero-order valence-electron chi connectivity index (χ0n) is 7.14. The van der Waals surface area contributed by atoms with Crippen molar-refractivity contribution in [3.05, 3.63) is 24.0 Å². The van der Waals surface area contributed by atoms with Gasteiger partial charge in [0, 0.05) is 0 Å². The highest BCUT2D eigenvalue weighted by atomic mass is 16.3. The Bertz CT molecular complexity index is 150. The number of aliphatic hydroxyl groups excluding tert-OH is 1. The molecule has 11 heavy (non-hydrogen) atoms. The Morgan fingerprint density at radius 3 is 2.73 bits per heavy atom. The molecular formula is C9H17NO. The summed E-state index contributed by atoms with van der Waals surface area (Å²) in [6, 6.07) is 0. The molecule has 0 atom stereocenters. The van der Waals surface area contributed by atoms with Crippen LogP contribution in [0.3, 0.4) is 0 Å². The highest BCUT2D eigenvalue weighted by Crippen LogP contribution is 2.07. The molecule has 0 spiro atoms. The molecule has 0 aliphatic carbocycles. The largest absolute Gasteiger partial charge is 0.511 e. The van der Waals surface area contributed by atoms with E-state index in [1.165, 1.54) is 5.57 Å². The summed E-state index contributed by atoms with van der Waals surface area (Å²) >= 11 is 0. The first kappa shape index (κ1) is 10.2. The van der Waals surface area contributed by atoms with Crippen LogP contribution >= 0.6 is 0 Å². The predicted octanol–water partition coefficient (Wildman–Crippen LogP) is 2.13. The van der Waals surface area contributed by atoms with Crippen molar-refractivity contribution in [3.63, 3.8) is 0 Å². The highest BCUT2D eigenvalue weighted by molar-refractivity contribution is 4.98. The van der Waals surface area contributed by atoms with Gasteiger partial charge in [-0.25, -0.2) is 0 Å². The quantitative estimate of drug-likeness (QED) is 0.472. The summed E-state index contributed by atoms with van der Waals surface area (Å²) < 4.78 is 0. The Morgan fingerprint density at radius 2 is 2.27 bits per heavy atom. The molecule has 0 aliphatic heterocycles. The van der Waals surface area contributed by atoms with Gasteiger partial charge in [0.1, 0.15) is 5.76 Å². The van der Waals surface area contributed by atoms with Crippen LogP contribution in [0.2, 0.25) is 0 Å². The lowest BCUT2D eigenvalue weighted by molar-refractivity contribution is 0.400. The summed E-state index contributed by atoms with van der Waals surface area (Å²) in [6.07, 6.45) is 4.55. The average Bonchev–Trinajstić information content (AvgIpc) is 2.04. The van der Waals surface area contributed by atoms with E-state index >= 15 is 0 Å². The van der Waals surface area contributed by atoms with Crippen LogP contribution in [-0.4, -0.2) is 11.7 Å². The van der Waals surface area contributed by atoms with Gasteiger partial charge < -0.3 is 10.8 Å². The topological polar surface area (TPSA) is 46.2 Å². The van der Waals surface area contributed by atoms with Gasteiger partial charge in [0.05, 0.1) is 6.54 Å². The minimum atomic E-state index is 0.235. The minimum absolute atomic E-state index is 0.235. The van der Waals surface area contributed by atoms with Crippen LogP contribution < -0.4 is 5.73 Å². The molecule has 0 aromatic rings. The van der Waals surface area contributed by atoms with Crippen molar-refractivity contribution in [2.24, 2.45) is 5.73 Å². The Kier molecular flexibility index (Phi) is 5.57. The fourth-order valence-electron chi connectivity index (χ4n) is 0.703. The van der Waals surface area contributed by atoms with E-state index in [-0.39, 0.29) is 12.3 Å². The first-order valence-electron chi connectivity index (χ1n) is 3.95. The summed E-state index contributed by atoms with van der Waals surface area (Å²) in [4.78, 5) is 0. The van der Waals surface area contributed by atoms with E-state index in [1.807, 2.05) is 0 Å². The van der Waals surface area contributed by atoms with Gasteiger partial charge >= 0.3 is 0 Å². The molecule has 0 fully saturated rings. The fourth-order valence-corrected chi connectivity index (χ4v) is 0.703. The van der Waals surface area contributed by atoms with Crippen molar-refractivity contribution in [2.75, 3.05) is 6.54 Å². The first-order valence-corrected chi connectivity index (χ1v) is 3.95. The Balaban J connectivity index is 3.48. The summed E-state index contributed by atoms with van der Waals surface area (Å²) in [5, 5.41) is 8.95. The lowest BCUT2D eigenvalue weighted by atomic mass is 10.1. The maximum atomic E-state index is 8.95. The lowest BCUT2D eigenvalue weighted by Crippen LogP contribution is -2.01. The molecule has 0 saturated carbocycles. The predicted molar refractivity (Wildman–Crippen MR) is 48.4 cm³/mol. The van der Waals surface area contributed by atoms with Crippen LogP contribution in [0.4, 0.5) is 0 Å². The molecule has 0 radical (unpaired) electrons. The van der Waals surface area contributed by atoms with Gasteiger partial charge in [-0.1, -0.05) is 19.1 Å². The molecule has 64 valence electrons. The van der Waals surface area contributed by atoms with Gasteiger partial charge in [-0.05, 0) is 25.3 Å². The molecule has 3 N–H and O–H groups in total. The van der Waals surface area contributed by atoms with Crippen molar-refractivity contribution < 1.29 is 5.11 Å². The second-order valence-electron chi connectivity index (χ2n) is 2.54. The lowest BCUT2D eigenvalue weighted by Gasteiger charge is -1.98. The second-order valence-corrected chi connectivity index (χ2v) is 2.54. The fraction of sp³-hybridized carbons (Fsp3) is 0.556. The third-order valence-electron chi connectivity index (χ3n) is 1.59. The van der Waals surface area contributed by atoms with Crippen LogP contribution in [-0.2, 0) is 0 Å². The summed E-state index contributed by atoms with van der Waals surface area (Å²) in [7, 11) is 0. The molecule has 2 nitrogen and oxygen atoms in total. The van der Waals surface area contributed by atoms with Crippen molar-refractivity contribution in [2.45, 2.75) is 26.2 Å². The van der Waals surface area contributed by atoms with Gasteiger partial charge in [-0.15, -0.1) is 0 Å². The molecular weight excluding hydrogens is 138 g/mol. The Labute approximate surface area is 68.4 Å². The normalized spacial score (nSPS) is 11.6. The number of aliphatic hydroxyl groups is 1. The Hall–Kier alpha value is -0.760. The van der Waals surface area contributed by atoms with Crippen LogP contribution in [0.1, 0.15) is 26.2 Å². The number of rotatable bonds is 5. The average molecular weight is 155 g/mol. The third-order valence-corrected chi connectivity index (χ3v) is 1.59. The maximum Gasteiger partial charge on any atom is 0.102 e. The number of hydrogen-bond donors (Lipinski definition) is 2. The van der Waals surface area contributed by atoms with Crippen molar-refractivity contribution in [1.82, 2.24) is 0 Å². The van der Waals surface area contributed by atoms with Crippen molar-refractivity contribution >= 4 is 0 Å². The molecule has 0 bridgehead atoms. The van der Waals surface area contributed by atoms with E-state index in [0.29, 0.717) is 0 Å². The zero-order chi connectivity index (χ0) is 8.69. The highest BCUT2D eigenvalue weighted by Gasteiger charge is 1.90. The standard InChI is InChI=1S/C9H17NO/c1-3-8(2)5-4-6-9(11)7-10/h6,11H,2-5,7,10H2,1H3/b9-6+. The second kappa shape index (κ2) is 5.98.